The van der Waals surface area contributed by atoms with Crippen LogP contribution in [-0.4, -0.2) is 23.8 Å². The summed E-state index contributed by atoms with van der Waals surface area (Å²) in [4.78, 5) is 30.2. The smallest absolute Gasteiger partial charge is 0.258 e. The number of hydrogen-bond donors (Lipinski definition) is 1. The summed E-state index contributed by atoms with van der Waals surface area (Å²) in [6, 6.07) is 11.1. The second-order valence-electron chi connectivity index (χ2n) is 6.47. The van der Waals surface area contributed by atoms with E-state index in [1.807, 2.05) is 24.3 Å². The summed E-state index contributed by atoms with van der Waals surface area (Å²) in [5, 5.41) is 3.01. The first-order valence-corrected chi connectivity index (χ1v) is 8.85. The van der Waals surface area contributed by atoms with Gasteiger partial charge in [0.25, 0.3) is 5.91 Å². The van der Waals surface area contributed by atoms with E-state index in [1.54, 1.807) is 36.5 Å². The fourth-order valence-electron chi connectivity index (χ4n) is 3.01. The minimum atomic E-state index is -0.0844. The van der Waals surface area contributed by atoms with E-state index in [0.717, 1.165) is 30.5 Å². The number of nitrogens with one attached hydrogen (secondary N) is 1. The van der Waals surface area contributed by atoms with E-state index in [9.17, 15) is 9.59 Å². The summed E-state index contributed by atoms with van der Waals surface area (Å²) in [5.41, 5.74) is 2.41. The van der Waals surface area contributed by atoms with Crippen molar-refractivity contribution in [3.8, 4) is 0 Å². The highest BCUT2D eigenvalue weighted by Gasteiger charge is 2.18. The van der Waals surface area contributed by atoms with Crippen molar-refractivity contribution in [3.63, 3.8) is 0 Å². The molecule has 5 nitrogen and oxygen atoms in total. The number of aromatic nitrogens is 1. The van der Waals surface area contributed by atoms with Crippen molar-refractivity contribution in [2.75, 3.05) is 11.9 Å². The van der Waals surface area contributed by atoms with Crippen LogP contribution in [0.2, 0.25) is 0 Å². The molecule has 1 atom stereocenters. The molecule has 26 heavy (non-hydrogen) atoms. The quantitative estimate of drug-likeness (QED) is 0.842. The van der Waals surface area contributed by atoms with Crippen LogP contribution in [-0.2, 0) is 11.3 Å². The predicted octanol–water partition coefficient (Wildman–Crippen LogP) is 3.33. The van der Waals surface area contributed by atoms with Gasteiger partial charge in [0.05, 0.1) is 0 Å². The van der Waals surface area contributed by atoms with E-state index in [4.69, 9.17) is 0 Å². The molecule has 0 fully saturated rings. The van der Waals surface area contributed by atoms with Gasteiger partial charge in [0.2, 0.25) is 5.91 Å². The fraction of sp³-hybridized carbons (Fsp3) is 0.286. The van der Waals surface area contributed by atoms with Crippen LogP contribution < -0.4 is 10.2 Å². The maximum atomic E-state index is 12.5. The summed E-state index contributed by atoms with van der Waals surface area (Å²) in [6.07, 6.45) is 10.1. The molecule has 3 rings (SSSR count). The lowest BCUT2D eigenvalue weighted by Gasteiger charge is -2.19. The second-order valence-corrected chi connectivity index (χ2v) is 6.47. The number of pyridine rings is 1. The monoisotopic (exact) mass is 349 g/mol. The molecule has 5 heteroatoms. The van der Waals surface area contributed by atoms with Crippen LogP contribution in [0.1, 0.15) is 35.2 Å². The molecular weight excluding hydrogens is 326 g/mol. The summed E-state index contributed by atoms with van der Waals surface area (Å²) in [7, 11) is 1.75. The first-order valence-electron chi connectivity index (χ1n) is 8.85. The van der Waals surface area contributed by atoms with E-state index in [2.05, 4.69) is 22.5 Å². The SMILES string of the molecule is CN(C(=O)c1ccncc1)c1ccc(CNC(=O)C2CC=CCC2)cc1. The molecule has 1 aromatic carbocycles. The predicted molar refractivity (Wildman–Crippen MR) is 102 cm³/mol. The molecule has 1 N–H and O–H groups in total. The van der Waals surface area contributed by atoms with Gasteiger partial charge >= 0.3 is 0 Å². The van der Waals surface area contributed by atoms with Gasteiger partial charge in [0.1, 0.15) is 0 Å². The summed E-state index contributed by atoms with van der Waals surface area (Å²) < 4.78 is 0. The van der Waals surface area contributed by atoms with Gasteiger partial charge < -0.3 is 10.2 Å². The first-order chi connectivity index (χ1) is 12.6. The molecule has 1 aliphatic rings. The third-order valence-electron chi connectivity index (χ3n) is 4.66. The van der Waals surface area contributed by atoms with Crippen molar-refractivity contribution in [2.45, 2.75) is 25.8 Å². The first kappa shape index (κ1) is 17.9. The Morgan fingerprint density at radius 3 is 2.50 bits per heavy atom. The van der Waals surface area contributed by atoms with Gasteiger partial charge in [-0.3, -0.25) is 14.6 Å². The van der Waals surface area contributed by atoms with Crippen LogP contribution >= 0.6 is 0 Å². The normalized spacial score (nSPS) is 16.1. The van der Waals surface area contributed by atoms with Gasteiger partial charge in [-0.2, -0.15) is 0 Å². The maximum Gasteiger partial charge on any atom is 0.258 e. The zero-order chi connectivity index (χ0) is 18.4. The Kier molecular flexibility index (Phi) is 5.79. The average molecular weight is 349 g/mol. The van der Waals surface area contributed by atoms with Gasteiger partial charge in [-0.05, 0) is 49.1 Å². The van der Waals surface area contributed by atoms with Crippen molar-refractivity contribution in [1.29, 1.82) is 0 Å². The number of nitrogens with zero attached hydrogens (tertiary/aromatic N) is 2. The second kappa shape index (κ2) is 8.43. The third kappa shape index (κ3) is 4.36. The molecule has 134 valence electrons. The van der Waals surface area contributed by atoms with E-state index in [-0.39, 0.29) is 17.7 Å². The molecule has 2 aromatic rings. The fourth-order valence-corrected chi connectivity index (χ4v) is 3.01. The molecule has 1 unspecified atom stereocenters. The van der Waals surface area contributed by atoms with Crippen LogP contribution in [0.5, 0.6) is 0 Å². The average Bonchev–Trinajstić information content (AvgIpc) is 2.72. The van der Waals surface area contributed by atoms with E-state index in [1.165, 1.54) is 0 Å². The van der Waals surface area contributed by atoms with Crippen molar-refractivity contribution in [1.82, 2.24) is 10.3 Å². The van der Waals surface area contributed by atoms with Gasteiger partial charge in [-0.15, -0.1) is 0 Å². The van der Waals surface area contributed by atoms with E-state index < -0.39 is 0 Å². The highest BCUT2D eigenvalue weighted by molar-refractivity contribution is 6.05. The van der Waals surface area contributed by atoms with Crippen LogP contribution in [0.4, 0.5) is 5.69 Å². The lowest BCUT2D eigenvalue weighted by molar-refractivity contribution is -0.125. The van der Waals surface area contributed by atoms with Crippen molar-refractivity contribution >= 4 is 17.5 Å². The van der Waals surface area contributed by atoms with Crippen molar-refractivity contribution < 1.29 is 9.59 Å². The van der Waals surface area contributed by atoms with Crippen molar-refractivity contribution in [2.24, 2.45) is 5.92 Å². The van der Waals surface area contributed by atoms with Crippen LogP contribution in [0.3, 0.4) is 0 Å². The number of hydrogen-bond acceptors (Lipinski definition) is 3. The molecule has 1 aliphatic carbocycles. The highest BCUT2D eigenvalue weighted by atomic mass is 16.2. The number of carbonyl (C=O) groups excluding carboxylic acids is 2. The number of rotatable bonds is 5. The van der Waals surface area contributed by atoms with Crippen LogP contribution in [0.15, 0.2) is 60.9 Å². The molecule has 0 aliphatic heterocycles. The highest BCUT2D eigenvalue weighted by Crippen LogP contribution is 2.19. The Balaban J connectivity index is 1.57. The molecule has 0 saturated heterocycles. The van der Waals surface area contributed by atoms with Gasteiger partial charge in [0.15, 0.2) is 0 Å². The number of anilines is 1. The number of amides is 2. The van der Waals surface area contributed by atoms with E-state index in [0.29, 0.717) is 12.1 Å². The topological polar surface area (TPSA) is 62.3 Å². The molecule has 0 spiro atoms. The lowest BCUT2D eigenvalue weighted by Crippen LogP contribution is -2.30. The van der Waals surface area contributed by atoms with E-state index >= 15 is 0 Å². The largest absolute Gasteiger partial charge is 0.352 e. The lowest BCUT2D eigenvalue weighted by atomic mass is 9.93. The van der Waals surface area contributed by atoms with Crippen LogP contribution in [0.25, 0.3) is 0 Å². The van der Waals surface area contributed by atoms with Crippen molar-refractivity contribution in [3.05, 3.63) is 72.1 Å². The Labute approximate surface area is 153 Å². The Hall–Kier alpha value is -2.95. The summed E-state index contributed by atoms with van der Waals surface area (Å²) in [5.74, 6) is 0.116. The standard InChI is InChI=1S/C21H23N3O2/c1-24(21(26)18-11-13-22-14-12-18)19-9-7-16(8-10-19)15-23-20(25)17-5-3-2-4-6-17/h2-3,7-14,17H,4-6,15H2,1H3,(H,23,25). The molecular formula is C21H23N3O2. The van der Waals surface area contributed by atoms with Gasteiger partial charge in [-0.1, -0.05) is 24.3 Å². The van der Waals surface area contributed by atoms with Gasteiger partial charge in [0, 0.05) is 43.2 Å². The zero-order valence-corrected chi connectivity index (χ0v) is 14.9. The Morgan fingerprint density at radius 2 is 1.85 bits per heavy atom. The third-order valence-corrected chi connectivity index (χ3v) is 4.66. The number of benzene rings is 1. The molecule has 0 saturated carbocycles. The Morgan fingerprint density at radius 1 is 1.12 bits per heavy atom. The molecule has 1 heterocycles. The zero-order valence-electron chi connectivity index (χ0n) is 14.9. The summed E-state index contributed by atoms with van der Waals surface area (Å²) in [6.45, 7) is 0.501. The maximum absolute atomic E-state index is 12.5. The molecule has 2 amide bonds. The van der Waals surface area contributed by atoms with Crippen LogP contribution in [0, 0.1) is 5.92 Å². The Bertz CT molecular complexity index is 785. The number of allylic oxidation sites excluding steroid dienone is 2. The minimum Gasteiger partial charge on any atom is -0.352 e. The molecule has 1 aromatic heterocycles. The number of carbonyl (C=O) groups is 2. The summed E-state index contributed by atoms with van der Waals surface area (Å²) >= 11 is 0. The minimum absolute atomic E-state index is 0.0844. The molecule has 0 bridgehead atoms. The van der Waals surface area contributed by atoms with Gasteiger partial charge in [-0.25, -0.2) is 0 Å². The molecule has 0 radical (unpaired) electrons.